The van der Waals surface area contributed by atoms with Gasteiger partial charge >= 0.3 is 5.97 Å². The summed E-state index contributed by atoms with van der Waals surface area (Å²) < 4.78 is 11.9. The van der Waals surface area contributed by atoms with Crippen molar-refractivity contribution < 1.29 is 19.4 Å². The Hall–Kier alpha value is -4.23. The minimum Gasteiger partial charge on any atom is -0.487 e. The molecule has 1 N–H and O–H groups in total. The molecule has 0 spiro atoms. The monoisotopic (exact) mass is 563 g/mol. The van der Waals surface area contributed by atoms with Crippen LogP contribution in [-0.2, 0) is 18.0 Å². The third-order valence-electron chi connectivity index (χ3n) is 7.03. The third kappa shape index (κ3) is 7.15. The van der Waals surface area contributed by atoms with E-state index in [1.807, 2.05) is 121 Å². The molecule has 0 aliphatic carbocycles. The normalized spacial score (nSPS) is 10.9. The molecular weight excluding hydrogens is 535 g/mol. The number of fused-ring (bicyclic) bond motifs is 2. The Labute approximate surface area is 266 Å². The summed E-state index contributed by atoms with van der Waals surface area (Å²) >= 11 is 0. The van der Waals surface area contributed by atoms with Gasteiger partial charge in [0.05, 0.1) is 28.8 Å². The molecular formula is C35H28N2NaO4. The molecule has 0 atom stereocenters. The van der Waals surface area contributed by atoms with Gasteiger partial charge in [0.1, 0.15) is 24.7 Å². The minimum absolute atomic E-state index is 0. The second-order valence-electron chi connectivity index (χ2n) is 9.86. The largest absolute Gasteiger partial charge is 0.487 e. The number of rotatable bonds is 10. The summed E-state index contributed by atoms with van der Waals surface area (Å²) in [6, 6.07) is 39.1. The van der Waals surface area contributed by atoms with Gasteiger partial charge in [0.15, 0.2) is 0 Å². The van der Waals surface area contributed by atoms with Crippen LogP contribution in [0.5, 0.6) is 11.5 Å². The van der Waals surface area contributed by atoms with Crippen LogP contribution in [0.15, 0.2) is 121 Å². The van der Waals surface area contributed by atoms with E-state index in [0.717, 1.165) is 44.3 Å². The average molecular weight is 564 g/mol. The Morgan fingerprint density at radius 3 is 1.45 bits per heavy atom. The van der Waals surface area contributed by atoms with Crippen LogP contribution < -0.4 is 9.47 Å². The van der Waals surface area contributed by atoms with Crippen LogP contribution in [0.3, 0.4) is 0 Å². The fourth-order valence-corrected chi connectivity index (χ4v) is 4.89. The summed E-state index contributed by atoms with van der Waals surface area (Å²) in [7, 11) is 0. The first-order valence-electron chi connectivity index (χ1n) is 13.5. The summed E-state index contributed by atoms with van der Waals surface area (Å²) in [4.78, 5) is 21.0. The molecule has 203 valence electrons. The van der Waals surface area contributed by atoms with Gasteiger partial charge in [0.2, 0.25) is 0 Å². The van der Waals surface area contributed by atoms with Gasteiger partial charge < -0.3 is 14.6 Å². The van der Waals surface area contributed by atoms with Gasteiger partial charge in [0, 0.05) is 46.2 Å². The predicted molar refractivity (Wildman–Crippen MR) is 165 cm³/mol. The number of hydrogen-bond donors (Lipinski definition) is 1. The molecule has 4 aromatic carbocycles. The molecule has 0 unspecified atom stereocenters. The maximum absolute atomic E-state index is 11.7. The number of carbonyl (C=O) groups is 1. The predicted octanol–water partition coefficient (Wildman–Crippen LogP) is 7.17. The van der Waals surface area contributed by atoms with Gasteiger partial charge in [-0.2, -0.15) is 0 Å². The second kappa shape index (κ2) is 13.6. The zero-order valence-corrected chi connectivity index (χ0v) is 25.3. The number of aliphatic carboxylic acids is 1. The topological polar surface area (TPSA) is 81.5 Å². The van der Waals surface area contributed by atoms with Crippen LogP contribution in [-0.4, -0.2) is 50.6 Å². The van der Waals surface area contributed by atoms with Crippen molar-refractivity contribution in [3.63, 3.8) is 0 Å². The SMILES string of the molecule is O=C(O)CC(c1ccc(OCc2ccc3ccccc3n2)cc1)c1ccc(OCc2ccc3ccccc3n2)cc1.[Na]. The molecule has 42 heavy (non-hydrogen) atoms. The number of carboxylic acids is 1. The van der Waals surface area contributed by atoms with Crippen LogP contribution in [0.4, 0.5) is 0 Å². The van der Waals surface area contributed by atoms with Crippen LogP contribution in [0.1, 0.15) is 34.9 Å². The molecule has 2 heterocycles. The average Bonchev–Trinajstić information content (AvgIpc) is 3.02. The molecule has 0 fully saturated rings. The van der Waals surface area contributed by atoms with Crippen molar-refractivity contribution in [1.29, 1.82) is 0 Å². The number of ether oxygens (including phenoxy) is 2. The number of pyridine rings is 2. The molecule has 0 saturated heterocycles. The quantitative estimate of drug-likeness (QED) is 0.178. The van der Waals surface area contributed by atoms with E-state index in [1.54, 1.807) is 0 Å². The van der Waals surface area contributed by atoms with Gasteiger partial charge in [-0.15, -0.1) is 0 Å². The van der Waals surface area contributed by atoms with E-state index in [1.165, 1.54) is 0 Å². The van der Waals surface area contributed by atoms with Gasteiger partial charge in [-0.1, -0.05) is 72.8 Å². The van der Waals surface area contributed by atoms with E-state index in [-0.39, 0.29) is 41.9 Å². The standard InChI is InChI=1S/C35H28N2O4.Na/c38-35(39)21-32(24-11-17-30(18-12-24)40-22-28-15-9-26-5-1-3-7-33(26)36-28)25-13-19-31(20-14-25)41-23-29-16-10-27-6-2-4-8-34(27)37-29;/h1-20,32H,21-23H2,(H,38,39);. The first kappa shape index (κ1) is 29.3. The van der Waals surface area contributed by atoms with E-state index in [0.29, 0.717) is 24.7 Å². The number of para-hydroxylation sites is 2. The molecule has 0 amide bonds. The van der Waals surface area contributed by atoms with Crippen molar-refractivity contribution in [1.82, 2.24) is 9.97 Å². The van der Waals surface area contributed by atoms with Gasteiger partial charge in [-0.05, 0) is 59.7 Å². The summed E-state index contributed by atoms with van der Waals surface area (Å²) in [6.07, 6.45) is -0.0254. The first-order chi connectivity index (χ1) is 20.1. The van der Waals surface area contributed by atoms with Crippen LogP contribution >= 0.6 is 0 Å². The molecule has 1 radical (unpaired) electrons. The second-order valence-corrected chi connectivity index (χ2v) is 9.86. The van der Waals surface area contributed by atoms with Crippen molar-refractivity contribution in [3.8, 4) is 11.5 Å². The van der Waals surface area contributed by atoms with Crippen molar-refractivity contribution >= 4 is 57.3 Å². The smallest absolute Gasteiger partial charge is 0.304 e. The maximum Gasteiger partial charge on any atom is 0.304 e. The molecule has 0 aliphatic heterocycles. The first-order valence-corrected chi connectivity index (χ1v) is 13.5. The number of nitrogens with zero attached hydrogens (tertiary/aromatic N) is 2. The van der Waals surface area contributed by atoms with Crippen LogP contribution in [0.25, 0.3) is 21.8 Å². The fraction of sp³-hybridized carbons (Fsp3) is 0.114. The van der Waals surface area contributed by atoms with Crippen molar-refractivity contribution in [2.75, 3.05) is 0 Å². The number of benzene rings is 4. The van der Waals surface area contributed by atoms with E-state index in [2.05, 4.69) is 9.97 Å². The van der Waals surface area contributed by atoms with Gasteiger partial charge in [-0.3, -0.25) is 4.79 Å². The number of aromatic nitrogens is 2. The number of carboxylic acid groups (broad SMARTS) is 1. The number of hydrogen-bond acceptors (Lipinski definition) is 5. The summed E-state index contributed by atoms with van der Waals surface area (Å²) in [5.41, 5.74) is 5.35. The van der Waals surface area contributed by atoms with E-state index >= 15 is 0 Å². The maximum atomic E-state index is 11.7. The molecule has 6 aromatic rings. The Morgan fingerprint density at radius 2 is 1.02 bits per heavy atom. The fourth-order valence-electron chi connectivity index (χ4n) is 4.89. The zero-order chi connectivity index (χ0) is 28.0. The molecule has 0 aliphatic rings. The van der Waals surface area contributed by atoms with Crippen molar-refractivity contribution in [2.24, 2.45) is 0 Å². The summed E-state index contributed by atoms with van der Waals surface area (Å²) in [6.45, 7) is 0.692. The summed E-state index contributed by atoms with van der Waals surface area (Å²) in [5.74, 6) is 0.230. The Kier molecular flexibility index (Phi) is 9.49. The van der Waals surface area contributed by atoms with E-state index in [4.69, 9.17) is 9.47 Å². The van der Waals surface area contributed by atoms with Crippen molar-refractivity contribution in [3.05, 3.63) is 144 Å². The van der Waals surface area contributed by atoms with Gasteiger partial charge in [0.25, 0.3) is 0 Å². The third-order valence-corrected chi connectivity index (χ3v) is 7.03. The summed E-state index contributed by atoms with van der Waals surface area (Å²) in [5, 5.41) is 11.8. The molecule has 2 aromatic heterocycles. The minimum atomic E-state index is -0.861. The van der Waals surface area contributed by atoms with Crippen LogP contribution in [0, 0.1) is 0 Å². The molecule has 0 bridgehead atoms. The molecule has 6 rings (SSSR count). The molecule has 7 heteroatoms. The Balaban J connectivity index is 0.00000353. The van der Waals surface area contributed by atoms with E-state index in [9.17, 15) is 9.90 Å². The van der Waals surface area contributed by atoms with E-state index < -0.39 is 5.97 Å². The van der Waals surface area contributed by atoms with Crippen LogP contribution in [0.2, 0.25) is 0 Å². The van der Waals surface area contributed by atoms with Crippen molar-refractivity contribution in [2.45, 2.75) is 25.6 Å². The molecule has 0 saturated carbocycles. The Bertz CT molecular complexity index is 1680. The Morgan fingerprint density at radius 1 is 0.595 bits per heavy atom. The zero-order valence-electron chi connectivity index (χ0n) is 23.3. The molecule has 6 nitrogen and oxygen atoms in total. The van der Waals surface area contributed by atoms with Gasteiger partial charge in [-0.25, -0.2) is 9.97 Å².